The van der Waals surface area contributed by atoms with Crippen molar-refractivity contribution in [2.45, 2.75) is 19.8 Å². The van der Waals surface area contributed by atoms with E-state index in [2.05, 4.69) is 15.1 Å². The summed E-state index contributed by atoms with van der Waals surface area (Å²) in [6.07, 6.45) is 1.76. The first-order valence-corrected chi connectivity index (χ1v) is 5.93. The van der Waals surface area contributed by atoms with Crippen LogP contribution in [0.2, 0.25) is 0 Å². The molecule has 18 heavy (non-hydrogen) atoms. The lowest BCUT2D eigenvalue weighted by molar-refractivity contribution is 0.418. The van der Waals surface area contributed by atoms with Crippen LogP contribution in [0.15, 0.2) is 41.1 Å². The van der Waals surface area contributed by atoms with Gasteiger partial charge in [-0.05, 0) is 11.5 Å². The summed E-state index contributed by atoms with van der Waals surface area (Å²) in [6.45, 7) is 4.07. The van der Waals surface area contributed by atoms with Crippen LogP contribution in [0.3, 0.4) is 0 Å². The van der Waals surface area contributed by atoms with Gasteiger partial charge in [0.25, 0.3) is 5.89 Å². The van der Waals surface area contributed by atoms with Crippen molar-refractivity contribution in [3.05, 3.63) is 42.4 Å². The molecule has 0 saturated carbocycles. The number of nitrogens with zero attached hydrogens (tertiary/aromatic N) is 3. The van der Waals surface area contributed by atoms with Crippen LogP contribution in [0.25, 0.3) is 22.4 Å². The standard InChI is InChI=1S/C14H13N3O/c1-9(2)13-16-14(18-17-13)12-11-6-4-3-5-10(11)7-8-15-12/h3-9H,1-2H3. The first-order valence-electron chi connectivity index (χ1n) is 5.93. The average molecular weight is 239 g/mol. The van der Waals surface area contributed by atoms with Crippen LogP contribution >= 0.6 is 0 Å². The number of hydrogen-bond acceptors (Lipinski definition) is 4. The molecule has 4 heteroatoms. The monoisotopic (exact) mass is 239 g/mol. The van der Waals surface area contributed by atoms with Gasteiger partial charge in [0.05, 0.1) is 0 Å². The van der Waals surface area contributed by atoms with Gasteiger partial charge in [-0.2, -0.15) is 4.98 Å². The second-order valence-corrected chi connectivity index (χ2v) is 4.49. The van der Waals surface area contributed by atoms with E-state index in [-0.39, 0.29) is 5.92 Å². The fourth-order valence-corrected chi connectivity index (χ4v) is 1.86. The Morgan fingerprint density at radius 1 is 1.11 bits per heavy atom. The van der Waals surface area contributed by atoms with Crippen molar-refractivity contribution in [2.24, 2.45) is 0 Å². The Hall–Kier alpha value is -2.23. The van der Waals surface area contributed by atoms with Crippen LogP contribution in [-0.2, 0) is 0 Å². The summed E-state index contributed by atoms with van der Waals surface area (Å²) in [6, 6.07) is 10.0. The fraction of sp³-hybridized carbons (Fsp3) is 0.214. The third kappa shape index (κ3) is 1.76. The Labute approximate surface area is 105 Å². The number of rotatable bonds is 2. The summed E-state index contributed by atoms with van der Waals surface area (Å²) in [5.74, 6) is 1.44. The van der Waals surface area contributed by atoms with Gasteiger partial charge in [0.15, 0.2) is 5.82 Å². The maximum absolute atomic E-state index is 5.30. The zero-order chi connectivity index (χ0) is 12.5. The lowest BCUT2D eigenvalue weighted by Gasteiger charge is -2.00. The first kappa shape index (κ1) is 10.9. The molecular formula is C14H13N3O. The summed E-state index contributed by atoms with van der Waals surface area (Å²) < 4.78 is 5.30. The molecule has 1 aromatic carbocycles. The van der Waals surface area contributed by atoms with Gasteiger partial charge in [0.1, 0.15) is 5.69 Å². The third-order valence-corrected chi connectivity index (χ3v) is 2.83. The van der Waals surface area contributed by atoms with Gasteiger partial charge in [-0.3, -0.25) is 4.98 Å². The second-order valence-electron chi connectivity index (χ2n) is 4.49. The molecule has 90 valence electrons. The maximum Gasteiger partial charge on any atom is 0.277 e. The Balaban J connectivity index is 2.18. The van der Waals surface area contributed by atoms with Crippen LogP contribution in [0.1, 0.15) is 25.6 Å². The van der Waals surface area contributed by atoms with Crippen molar-refractivity contribution in [1.29, 1.82) is 0 Å². The van der Waals surface area contributed by atoms with Crippen molar-refractivity contribution in [3.8, 4) is 11.6 Å². The highest BCUT2D eigenvalue weighted by Crippen LogP contribution is 2.25. The van der Waals surface area contributed by atoms with Crippen molar-refractivity contribution in [3.63, 3.8) is 0 Å². The minimum absolute atomic E-state index is 0.248. The highest BCUT2D eigenvalue weighted by molar-refractivity contribution is 5.92. The molecule has 3 aromatic rings. The predicted molar refractivity (Wildman–Crippen MR) is 69.1 cm³/mol. The normalized spacial score (nSPS) is 11.3. The largest absolute Gasteiger partial charge is 0.332 e. The van der Waals surface area contributed by atoms with Gasteiger partial charge in [-0.15, -0.1) is 0 Å². The molecule has 0 aliphatic heterocycles. The Morgan fingerprint density at radius 3 is 2.72 bits per heavy atom. The molecule has 3 rings (SSSR count). The number of benzene rings is 1. The molecule has 0 fully saturated rings. The number of fused-ring (bicyclic) bond motifs is 1. The summed E-state index contributed by atoms with van der Waals surface area (Å²) in [4.78, 5) is 8.74. The van der Waals surface area contributed by atoms with E-state index in [0.29, 0.717) is 11.7 Å². The fourth-order valence-electron chi connectivity index (χ4n) is 1.86. The molecule has 0 bridgehead atoms. The van der Waals surface area contributed by atoms with E-state index in [1.54, 1.807) is 6.20 Å². The molecule has 0 saturated heterocycles. The highest BCUT2D eigenvalue weighted by Gasteiger charge is 2.14. The van der Waals surface area contributed by atoms with Crippen LogP contribution < -0.4 is 0 Å². The molecule has 2 aromatic heterocycles. The van der Waals surface area contributed by atoms with Gasteiger partial charge in [0.2, 0.25) is 0 Å². The zero-order valence-electron chi connectivity index (χ0n) is 10.3. The predicted octanol–water partition coefficient (Wildman–Crippen LogP) is 3.41. The minimum atomic E-state index is 0.248. The van der Waals surface area contributed by atoms with E-state index in [1.807, 2.05) is 44.2 Å². The van der Waals surface area contributed by atoms with E-state index in [0.717, 1.165) is 16.5 Å². The van der Waals surface area contributed by atoms with Crippen molar-refractivity contribution in [2.75, 3.05) is 0 Å². The van der Waals surface area contributed by atoms with Crippen molar-refractivity contribution in [1.82, 2.24) is 15.1 Å². The topological polar surface area (TPSA) is 51.8 Å². The van der Waals surface area contributed by atoms with Crippen LogP contribution in [-0.4, -0.2) is 15.1 Å². The van der Waals surface area contributed by atoms with E-state index < -0.39 is 0 Å². The van der Waals surface area contributed by atoms with Crippen LogP contribution in [0.4, 0.5) is 0 Å². The maximum atomic E-state index is 5.30. The summed E-state index contributed by atoms with van der Waals surface area (Å²) >= 11 is 0. The SMILES string of the molecule is CC(C)c1noc(-c2nccc3ccccc23)n1. The minimum Gasteiger partial charge on any atom is -0.332 e. The summed E-state index contributed by atoms with van der Waals surface area (Å²) in [5.41, 5.74) is 0.743. The molecule has 0 spiro atoms. The highest BCUT2D eigenvalue weighted by atomic mass is 16.5. The third-order valence-electron chi connectivity index (χ3n) is 2.83. The number of pyridine rings is 1. The first-order chi connectivity index (χ1) is 8.75. The average Bonchev–Trinajstić information content (AvgIpc) is 2.87. The molecule has 0 unspecified atom stereocenters. The zero-order valence-corrected chi connectivity index (χ0v) is 10.3. The quantitative estimate of drug-likeness (QED) is 0.687. The summed E-state index contributed by atoms with van der Waals surface area (Å²) in [7, 11) is 0. The van der Waals surface area contributed by atoms with E-state index >= 15 is 0 Å². The second kappa shape index (κ2) is 4.22. The van der Waals surface area contributed by atoms with Gasteiger partial charge in [-0.25, -0.2) is 0 Å². The molecule has 4 nitrogen and oxygen atoms in total. The molecule has 0 atom stereocenters. The van der Waals surface area contributed by atoms with E-state index in [4.69, 9.17) is 4.52 Å². The molecule has 2 heterocycles. The molecule has 0 aliphatic rings. The lowest BCUT2D eigenvalue weighted by Crippen LogP contribution is -1.90. The van der Waals surface area contributed by atoms with Crippen LogP contribution in [0.5, 0.6) is 0 Å². The van der Waals surface area contributed by atoms with Gasteiger partial charge < -0.3 is 4.52 Å². The summed E-state index contributed by atoms with van der Waals surface area (Å²) in [5, 5.41) is 6.12. The lowest BCUT2D eigenvalue weighted by atomic mass is 10.1. The van der Waals surface area contributed by atoms with Crippen molar-refractivity contribution < 1.29 is 4.52 Å². The van der Waals surface area contributed by atoms with Gasteiger partial charge in [-0.1, -0.05) is 43.3 Å². The van der Waals surface area contributed by atoms with E-state index in [9.17, 15) is 0 Å². The Bertz CT molecular complexity index is 683. The molecule has 0 aliphatic carbocycles. The smallest absolute Gasteiger partial charge is 0.277 e. The van der Waals surface area contributed by atoms with Gasteiger partial charge in [0, 0.05) is 17.5 Å². The number of aromatic nitrogens is 3. The molecule has 0 radical (unpaired) electrons. The van der Waals surface area contributed by atoms with Crippen molar-refractivity contribution >= 4 is 10.8 Å². The van der Waals surface area contributed by atoms with E-state index in [1.165, 1.54) is 0 Å². The van der Waals surface area contributed by atoms with Crippen LogP contribution in [0, 0.1) is 0 Å². The Kier molecular flexibility index (Phi) is 2.55. The van der Waals surface area contributed by atoms with Gasteiger partial charge >= 0.3 is 0 Å². The molecule has 0 amide bonds. The molecule has 0 N–H and O–H groups in total. The molecular weight excluding hydrogens is 226 g/mol. The number of hydrogen-bond donors (Lipinski definition) is 0. The Morgan fingerprint density at radius 2 is 1.94 bits per heavy atom.